The van der Waals surface area contributed by atoms with Crippen LogP contribution in [0.15, 0.2) is 30.3 Å². The van der Waals surface area contributed by atoms with E-state index in [1.54, 1.807) is 24.3 Å². The predicted octanol–water partition coefficient (Wildman–Crippen LogP) is 2.08. The molecule has 110 valence electrons. The normalized spacial score (nSPS) is 18.7. The van der Waals surface area contributed by atoms with Crippen molar-refractivity contribution >= 4 is 35.0 Å². The molecule has 0 aromatic heterocycles. The quantitative estimate of drug-likeness (QED) is 0.853. The van der Waals surface area contributed by atoms with Crippen LogP contribution in [-0.2, 0) is 4.74 Å². The van der Waals surface area contributed by atoms with Crippen molar-refractivity contribution in [2.24, 2.45) is 0 Å². The summed E-state index contributed by atoms with van der Waals surface area (Å²) in [7, 11) is -1.49. The van der Waals surface area contributed by atoms with Crippen LogP contribution >= 0.6 is 11.6 Å². The average Bonchev–Trinajstić information content (AvgIpc) is 2.51. The van der Waals surface area contributed by atoms with E-state index in [9.17, 15) is 10.0 Å². The van der Waals surface area contributed by atoms with Crippen molar-refractivity contribution in [2.75, 3.05) is 6.61 Å². The lowest BCUT2D eigenvalue weighted by molar-refractivity contribution is -0.105. The zero-order valence-electron chi connectivity index (χ0n) is 11.5. The van der Waals surface area contributed by atoms with Gasteiger partial charge in [0.25, 0.3) is 0 Å². The summed E-state index contributed by atoms with van der Waals surface area (Å²) in [6.45, 7) is 0.716. The van der Waals surface area contributed by atoms with Gasteiger partial charge in [0.1, 0.15) is 5.75 Å². The molecule has 0 radical (unpaired) electrons. The summed E-state index contributed by atoms with van der Waals surface area (Å²) in [4.78, 5) is 0. The van der Waals surface area contributed by atoms with E-state index in [4.69, 9.17) is 21.1 Å². The van der Waals surface area contributed by atoms with Crippen molar-refractivity contribution in [2.45, 2.75) is 25.6 Å². The topological polar surface area (TPSA) is 58.9 Å². The Morgan fingerprint density at radius 1 is 1.19 bits per heavy atom. The molecule has 1 heterocycles. The van der Waals surface area contributed by atoms with Gasteiger partial charge in [-0.3, -0.25) is 0 Å². The first kappa shape index (κ1) is 14.7. The van der Waals surface area contributed by atoms with E-state index in [2.05, 4.69) is 0 Å². The van der Waals surface area contributed by atoms with Gasteiger partial charge in [0.15, 0.2) is 6.29 Å². The zero-order valence-corrected chi connectivity index (χ0v) is 12.2. The number of fused-ring (bicyclic) bond motifs is 1. The molecule has 4 nitrogen and oxygen atoms in total. The first-order chi connectivity index (χ1) is 10.1. The number of benzene rings is 2. The van der Waals surface area contributed by atoms with Gasteiger partial charge in [-0.2, -0.15) is 0 Å². The molecule has 21 heavy (non-hydrogen) atoms. The lowest BCUT2D eigenvalue weighted by Gasteiger charge is -2.24. The highest BCUT2D eigenvalue weighted by molar-refractivity contribution is 6.59. The third kappa shape index (κ3) is 3.16. The van der Waals surface area contributed by atoms with E-state index >= 15 is 0 Å². The highest BCUT2D eigenvalue weighted by atomic mass is 35.5. The molecule has 0 amide bonds. The summed E-state index contributed by atoms with van der Waals surface area (Å²) >= 11 is 6.39. The van der Waals surface area contributed by atoms with E-state index in [0.29, 0.717) is 22.8 Å². The maximum atomic E-state index is 9.20. The summed E-state index contributed by atoms with van der Waals surface area (Å²) in [5.41, 5.74) is 0.433. The van der Waals surface area contributed by atoms with Crippen molar-refractivity contribution in [1.82, 2.24) is 0 Å². The Morgan fingerprint density at radius 2 is 2.05 bits per heavy atom. The van der Waals surface area contributed by atoms with E-state index < -0.39 is 7.12 Å². The molecule has 1 fully saturated rings. The second kappa shape index (κ2) is 6.24. The summed E-state index contributed by atoms with van der Waals surface area (Å²) in [6, 6.07) is 8.75. The molecule has 2 N–H and O–H groups in total. The fourth-order valence-electron chi connectivity index (χ4n) is 2.49. The van der Waals surface area contributed by atoms with E-state index in [0.717, 1.165) is 30.0 Å². The summed E-state index contributed by atoms with van der Waals surface area (Å²) in [6.07, 6.45) is 2.78. The molecule has 1 unspecified atom stereocenters. The van der Waals surface area contributed by atoms with Gasteiger partial charge in [-0.05, 0) is 29.8 Å². The fourth-order valence-corrected chi connectivity index (χ4v) is 2.77. The monoisotopic (exact) mass is 306 g/mol. The van der Waals surface area contributed by atoms with Crippen LogP contribution in [0.5, 0.6) is 5.75 Å². The molecular weight excluding hydrogens is 290 g/mol. The van der Waals surface area contributed by atoms with Gasteiger partial charge in [0.05, 0.1) is 11.6 Å². The smallest absolute Gasteiger partial charge is 0.463 e. The molecule has 0 spiro atoms. The summed E-state index contributed by atoms with van der Waals surface area (Å²) in [5.74, 6) is 0.591. The maximum absolute atomic E-state index is 9.20. The molecule has 1 saturated heterocycles. The van der Waals surface area contributed by atoms with Gasteiger partial charge in [0.2, 0.25) is 0 Å². The van der Waals surface area contributed by atoms with Gasteiger partial charge in [-0.25, -0.2) is 0 Å². The predicted molar refractivity (Wildman–Crippen MR) is 83.0 cm³/mol. The van der Waals surface area contributed by atoms with Gasteiger partial charge < -0.3 is 19.5 Å². The minimum Gasteiger partial charge on any atom is -0.463 e. The summed E-state index contributed by atoms with van der Waals surface area (Å²) < 4.78 is 11.4. The van der Waals surface area contributed by atoms with Crippen LogP contribution in [-0.4, -0.2) is 30.1 Å². The number of hydrogen-bond acceptors (Lipinski definition) is 4. The fraction of sp³-hybridized carbons (Fsp3) is 0.333. The second-order valence-electron chi connectivity index (χ2n) is 5.15. The molecule has 1 aliphatic heterocycles. The molecular formula is C15H16BClO4. The number of halogens is 1. The molecule has 2 aromatic carbocycles. The molecule has 2 aromatic rings. The third-order valence-corrected chi connectivity index (χ3v) is 4.03. The first-order valence-corrected chi connectivity index (χ1v) is 7.39. The zero-order chi connectivity index (χ0) is 14.8. The summed E-state index contributed by atoms with van der Waals surface area (Å²) in [5, 5.41) is 20.6. The molecule has 3 rings (SSSR count). The largest absolute Gasteiger partial charge is 0.488 e. The molecule has 0 aliphatic carbocycles. The first-order valence-electron chi connectivity index (χ1n) is 7.02. The Kier molecular flexibility index (Phi) is 4.36. The van der Waals surface area contributed by atoms with Crippen LogP contribution in [0.25, 0.3) is 10.8 Å². The number of rotatable bonds is 3. The van der Waals surface area contributed by atoms with Crippen LogP contribution in [0.1, 0.15) is 19.3 Å². The van der Waals surface area contributed by atoms with E-state index in [1.165, 1.54) is 0 Å². The second-order valence-corrected chi connectivity index (χ2v) is 5.52. The highest BCUT2D eigenvalue weighted by Crippen LogP contribution is 2.34. The van der Waals surface area contributed by atoms with Crippen molar-refractivity contribution in [1.29, 1.82) is 0 Å². The van der Waals surface area contributed by atoms with Crippen molar-refractivity contribution in [3.8, 4) is 5.75 Å². The molecule has 0 saturated carbocycles. The molecule has 6 heteroatoms. The third-order valence-electron chi connectivity index (χ3n) is 3.64. The maximum Gasteiger partial charge on any atom is 0.488 e. The van der Waals surface area contributed by atoms with Gasteiger partial charge in [-0.1, -0.05) is 35.9 Å². The van der Waals surface area contributed by atoms with Gasteiger partial charge in [-0.15, -0.1) is 0 Å². The van der Waals surface area contributed by atoms with Crippen LogP contribution in [0, 0.1) is 0 Å². The van der Waals surface area contributed by atoms with Gasteiger partial charge >= 0.3 is 7.12 Å². The molecule has 1 aliphatic rings. The number of ether oxygens (including phenoxy) is 2. The SMILES string of the molecule is OB(O)c1ccc2c(Cl)c(OC3CCCCO3)ccc2c1. The Bertz CT molecular complexity index is 641. The average molecular weight is 307 g/mol. The lowest BCUT2D eigenvalue weighted by atomic mass is 9.79. The molecule has 1 atom stereocenters. The van der Waals surface area contributed by atoms with Crippen LogP contribution < -0.4 is 10.2 Å². The minimum absolute atomic E-state index is 0.243. The lowest BCUT2D eigenvalue weighted by Crippen LogP contribution is -2.29. The van der Waals surface area contributed by atoms with Crippen molar-refractivity contribution in [3.05, 3.63) is 35.4 Å². The van der Waals surface area contributed by atoms with E-state index in [1.807, 2.05) is 6.07 Å². The minimum atomic E-state index is -1.49. The van der Waals surface area contributed by atoms with E-state index in [-0.39, 0.29) is 6.29 Å². The van der Waals surface area contributed by atoms with Crippen molar-refractivity contribution < 1.29 is 19.5 Å². The Labute approximate surface area is 128 Å². The van der Waals surface area contributed by atoms with Crippen LogP contribution in [0.2, 0.25) is 5.02 Å². The van der Waals surface area contributed by atoms with Crippen molar-refractivity contribution in [3.63, 3.8) is 0 Å². The van der Waals surface area contributed by atoms with Gasteiger partial charge in [0, 0.05) is 11.8 Å². The Morgan fingerprint density at radius 3 is 2.76 bits per heavy atom. The Hall–Kier alpha value is -1.27. The van der Waals surface area contributed by atoms with Crippen LogP contribution in [0.4, 0.5) is 0 Å². The molecule has 0 bridgehead atoms. The highest BCUT2D eigenvalue weighted by Gasteiger charge is 2.18. The standard InChI is InChI=1S/C15H16BClO4/c17-15-12-6-5-11(16(18)19)9-10(12)4-7-13(15)21-14-3-1-2-8-20-14/h4-7,9,14,18-19H,1-3,8H2. The number of hydrogen-bond donors (Lipinski definition) is 2. The Balaban J connectivity index is 1.90. The van der Waals surface area contributed by atoms with Crippen LogP contribution in [0.3, 0.4) is 0 Å².